The van der Waals surface area contributed by atoms with E-state index in [1.807, 2.05) is 0 Å². The summed E-state index contributed by atoms with van der Waals surface area (Å²) in [6, 6.07) is 38.6. The molecule has 0 saturated carbocycles. The third-order valence-corrected chi connectivity index (χ3v) is 7.99. The Kier molecular flexibility index (Phi) is 3.62. The maximum Gasteiger partial charge on any atom is 0.0465 e. The second-order valence-electron chi connectivity index (χ2n) is 9.78. The van der Waals surface area contributed by atoms with E-state index in [1.54, 1.807) is 0 Å². The maximum atomic E-state index is 3.55. The molecule has 160 valence electrons. The average molecular weight is 434 g/mol. The number of nitrogens with one attached hydrogen (secondary N) is 1. The zero-order valence-electron chi connectivity index (χ0n) is 18.8. The van der Waals surface area contributed by atoms with Crippen LogP contribution in [0.2, 0.25) is 0 Å². The van der Waals surface area contributed by atoms with Gasteiger partial charge in [0, 0.05) is 27.7 Å². The SMILES string of the molecule is c1ccc2c(c1)-c1cc(-c3ccc4[nH]c5ccccc5c4c3)ccc1C2c1ccc2c(c1)CC2. The van der Waals surface area contributed by atoms with Gasteiger partial charge in [-0.25, -0.2) is 0 Å². The molecule has 0 spiro atoms. The van der Waals surface area contributed by atoms with Gasteiger partial charge in [0.25, 0.3) is 0 Å². The fourth-order valence-electron chi connectivity index (χ4n) is 6.16. The van der Waals surface area contributed by atoms with Gasteiger partial charge in [0.05, 0.1) is 0 Å². The Labute approximate surface area is 198 Å². The minimum Gasteiger partial charge on any atom is -0.355 e. The zero-order chi connectivity index (χ0) is 22.2. The summed E-state index contributed by atoms with van der Waals surface area (Å²) in [5.41, 5.74) is 15.0. The van der Waals surface area contributed by atoms with Crippen LogP contribution in [-0.2, 0) is 12.8 Å². The standard InChI is InChI=1S/C33H23N/c1-2-7-27-25(5-1)29-18-22(13-15-28(29)33(27)24-12-10-20-9-11-21(20)17-24)23-14-16-32-30(19-23)26-6-3-4-8-31(26)34-32/h1-8,10,12-19,33-34H,9,11H2. The third-order valence-electron chi connectivity index (χ3n) is 7.99. The van der Waals surface area contributed by atoms with Crippen molar-refractivity contribution in [2.45, 2.75) is 18.8 Å². The lowest BCUT2D eigenvalue weighted by molar-refractivity contribution is 0.829. The van der Waals surface area contributed by atoms with E-state index in [2.05, 4.69) is 108 Å². The van der Waals surface area contributed by atoms with Crippen LogP contribution in [0.3, 0.4) is 0 Å². The smallest absolute Gasteiger partial charge is 0.0465 e. The van der Waals surface area contributed by atoms with Crippen molar-refractivity contribution in [1.82, 2.24) is 4.98 Å². The van der Waals surface area contributed by atoms with Gasteiger partial charge in [0.2, 0.25) is 0 Å². The topological polar surface area (TPSA) is 15.8 Å². The van der Waals surface area contributed by atoms with Crippen molar-refractivity contribution in [3.63, 3.8) is 0 Å². The number of hydrogen-bond acceptors (Lipinski definition) is 0. The number of aromatic nitrogens is 1. The minimum absolute atomic E-state index is 0.322. The molecular formula is C33H23N. The van der Waals surface area contributed by atoms with E-state index in [9.17, 15) is 0 Å². The lowest BCUT2D eigenvalue weighted by Crippen LogP contribution is -2.10. The summed E-state index contributed by atoms with van der Waals surface area (Å²) in [5.74, 6) is 0.322. The van der Waals surface area contributed by atoms with Crippen molar-refractivity contribution in [3.05, 3.63) is 131 Å². The normalized spacial score (nSPS) is 15.7. The summed E-state index contributed by atoms with van der Waals surface area (Å²) in [7, 11) is 0. The van der Waals surface area contributed by atoms with Gasteiger partial charge in [0.15, 0.2) is 0 Å². The molecule has 0 aliphatic heterocycles. The maximum absolute atomic E-state index is 3.55. The Balaban J connectivity index is 1.30. The first-order chi connectivity index (χ1) is 16.8. The largest absolute Gasteiger partial charge is 0.355 e. The van der Waals surface area contributed by atoms with Crippen molar-refractivity contribution in [3.8, 4) is 22.3 Å². The molecule has 1 unspecified atom stereocenters. The van der Waals surface area contributed by atoms with Gasteiger partial charge in [0.1, 0.15) is 0 Å². The van der Waals surface area contributed by atoms with E-state index in [0.29, 0.717) is 5.92 Å². The summed E-state index contributed by atoms with van der Waals surface area (Å²) >= 11 is 0. The average Bonchev–Trinajstić information content (AvgIpc) is 3.40. The van der Waals surface area contributed by atoms with E-state index in [4.69, 9.17) is 0 Å². The van der Waals surface area contributed by atoms with Gasteiger partial charge in [-0.05, 0) is 87.2 Å². The predicted molar refractivity (Wildman–Crippen MR) is 141 cm³/mol. The Morgan fingerprint density at radius 3 is 2.21 bits per heavy atom. The van der Waals surface area contributed by atoms with E-state index in [0.717, 1.165) is 0 Å². The number of fused-ring (bicyclic) bond motifs is 7. The van der Waals surface area contributed by atoms with Gasteiger partial charge < -0.3 is 4.98 Å². The highest BCUT2D eigenvalue weighted by molar-refractivity contribution is 6.08. The molecule has 0 saturated heterocycles. The lowest BCUT2D eigenvalue weighted by atomic mass is 9.82. The molecule has 2 aliphatic carbocycles. The molecule has 1 heteroatoms. The van der Waals surface area contributed by atoms with Crippen LogP contribution < -0.4 is 0 Å². The van der Waals surface area contributed by atoms with Crippen LogP contribution in [-0.4, -0.2) is 4.98 Å². The molecule has 1 aromatic heterocycles. The molecule has 34 heavy (non-hydrogen) atoms. The second-order valence-corrected chi connectivity index (χ2v) is 9.78. The van der Waals surface area contributed by atoms with Crippen LogP contribution in [0.4, 0.5) is 0 Å². The molecule has 6 aromatic rings. The number of aromatic amines is 1. The molecule has 0 amide bonds. The lowest BCUT2D eigenvalue weighted by Gasteiger charge is -2.22. The Bertz CT molecular complexity index is 1770. The van der Waals surface area contributed by atoms with Crippen LogP contribution in [0.1, 0.15) is 33.7 Å². The molecule has 5 aromatic carbocycles. The van der Waals surface area contributed by atoms with Crippen LogP contribution in [0.5, 0.6) is 0 Å². The molecule has 0 bridgehead atoms. The van der Waals surface area contributed by atoms with Crippen molar-refractivity contribution < 1.29 is 0 Å². The summed E-state index contributed by atoms with van der Waals surface area (Å²) in [5, 5.41) is 2.57. The Morgan fingerprint density at radius 2 is 1.29 bits per heavy atom. The third kappa shape index (κ3) is 2.50. The van der Waals surface area contributed by atoms with Crippen molar-refractivity contribution >= 4 is 21.8 Å². The number of para-hydroxylation sites is 1. The number of hydrogen-bond donors (Lipinski definition) is 1. The van der Waals surface area contributed by atoms with E-state index in [1.165, 1.54) is 84.7 Å². The molecule has 2 aliphatic rings. The first-order valence-electron chi connectivity index (χ1n) is 12.2. The van der Waals surface area contributed by atoms with Crippen molar-refractivity contribution in [2.75, 3.05) is 0 Å². The number of H-pyrrole nitrogens is 1. The first kappa shape index (κ1) is 18.3. The van der Waals surface area contributed by atoms with E-state index < -0.39 is 0 Å². The van der Waals surface area contributed by atoms with Crippen LogP contribution in [0.25, 0.3) is 44.1 Å². The van der Waals surface area contributed by atoms with E-state index >= 15 is 0 Å². The Morgan fingerprint density at radius 1 is 0.529 bits per heavy atom. The van der Waals surface area contributed by atoms with Gasteiger partial charge in [-0.2, -0.15) is 0 Å². The molecule has 1 atom stereocenters. The molecule has 1 nitrogen and oxygen atoms in total. The minimum atomic E-state index is 0.322. The quantitative estimate of drug-likeness (QED) is 0.282. The number of benzene rings is 5. The van der Waals surface area contributed by atoms with E-state index in [-0.39, 0.29) is 0 Å². The molecular weight excluding hydrogens is 410 g/mol. The fourth-order valence-corrected chi connectivity index (χ4v) is 6.16. The first-order valence-corrected chi connectivity index (χ1v) is 12.2. The van der Waals surface area contributed by atoms with Gasteiger partial charge in [-0.1, -0.05) is 78.9 Å². The number of aryl methyl sites for hydroxylation is 2. The van der Waals surface area contributed by atoms with Crippen LogP contribution >= 0.6 is 0 Å². The highest BCUT2D eigenvalue weighted by Gasteiger charge is 2.30. The summed E-state index contributed by atoms with van der Waals surface area (Å²) in [4.78, 5) is 3.55. The highest BCUT2D eigenvalue weighted by Crippen LogP contribution is 2.49. The summed E-state index contributed by atoms with van der Waals surface area (Å²) in [6.45, 7) is 0. The van der Waals surface area contributed by atoms with Crippen molar-refractivity contribution in [2.24, 2.45) is 0 Å². The summed E-state index contributed by atoms with van der Waals surface area (Å²) in [6.07, 6.45) is 2.46. The fraction of sp³-hybridized carbons (Fsp3) is 0.0909. The van der Waals surface area contributed by atoms with Crippen molar-refractivity contribution in [1.29, 1.82) is 0 Å². The zero-order valence-corrected chi connectivity index (χ0v) is 18.8. The molecule has 1 heterocycles. The van der Waals surface area contributed by atoms with Gasteiger partial charge in [-0.15, -0.1) is 0 Å². The Hall–Kier alpha value is -4.10. The van der Waals surface area contributed by atoms with Crippen LogP contribution in [0, 0.1) is 0 Å². The molecule has 0 fully saturated rings. The number of rotatable bonds is 2. The molecule has 8 rings (SSSR count). The second kappa shape index (κ2) is 6.71. The van der Waals surface area contributed by atoms with Gasteiger partial charge >= 0.3 is 0 Å². The highest BCUT2D eigenvalue weighted by atomic mass is 14.7. The monoisotopic (exact) mass is 433 g/mol. The molecule has 1 N–H and O–H groups in total. The molecule has 0 radical (unpaired) electrons. The predicted octanol–water partition coefficient (Wildman–Crippen LogP) is 8.25. The van der Waals surface area contributed by atoms with Gasteiger partial charge in [-0.3, -0.25) is 0 Å². The van der Waals surface area contributed by atoms with Crippen LogP contribution in [0.15, 0.2) is 103 Å². The summed E-state index contributed by atoms with van der Waals surface area (Å²) < 4.78 is 0.